The second-order valence-electron chi connectivity index (χ2n) is 3.68. The van der Waals surface area contributed by atoms with Crippen LogP contribution in [0.15, 0.2) is 30.3 Å². The summed E-state index contributed by atoms with van der Waals surface area (Å²) in [5, 5.41) is 19.9. The zero-order valence-electron chi connectivity index (χ0n) is 9.86. The monoisotopic (exact) mass is 243 g/mol. The van der Waals surface area contributed by atoms with Crippen molar-refractivity contribution in [1.29, 1.82) is 5.26 Å². The first kappa shape index (κ1) is 12.0. The molecule has 0 aliphatic heterocycles. The fourth-order valence-electron chi connectivity index (χ4n) is 1.47. The Morgan fingerprint density at radius 1 is 1.28 bits per heavy atom. The number of aromatic nitrogens is 4. The highest BCUT2D eigenvalue weighted by atomic mass is 16.5. The number of hydrogen-bond donors (Lipinski definition) is 0. The van der Waals surface area contributed by atoms with Crippen LogP contribution in [0.1, 0.15) is 18.7 Å². The van der Waals surface area contributed by atoms with Gasteiger partial charge < -0.3 is 4.74 Å². The lowest BCUT2D eigenvalue weighted by atomic mass is 10.3. The third kappa shape index (κ3) is 3.28. The molecule has 1 aromatic carbocycles. The molecule has 0 aliphatic carbocycles. The van der Waals surface area contributed by atoms with Crippen molar-refractivity contribution in [2.45, 2.75) is 26.0 Å². The van der Waals surface area contributed by atoms with E-state index in [2.05, 4.69) is 21.6 Å². The van der Waals surface area contributed by atoms with Crippen molar-refractivity contribution in [2.24, 2.45) is 0 Å². The third-order valence-electron chi connectivity index (χ3n) is 2.38. The van der Waals surface area contributed by atoms with Crippen molar-refractivity contribution in [3.05, 3.63) is 36.2 Å². The molecule has 0 aliphatic rings. The predicted molar refractivity (Wildman–Crippen MR) is 63.4 cm³/mol. The van der Waals surface area contributed by atoms with E-state index < -0.39 is 0 Å². The SMILES string of the molecule is N#CCCCn1nnnc1COc1ccccc1. The van der Waals surface area contributed by atoms with Gasteiger partial charge in [-0.05, 0) is 29.0 Å². The van der Waals surface area contributed by atoms with Gasteiger partial charge in [0.25, 0.3) is 0 Å². The summed E-state index contributed by atoms with van der Waals surface area (Å²) in [4.78, 5) is 0. The van der Waals surface area contributed by atoms with E-state index in [1.165, 1.54) is 0 Å². The molecule has 6 heteroatoms. The van der Waals surface area contributed by atoms with Gasteiger partial charge in [0.05, 0.1) is 6.07 Å². The largest absolute Gasteiger partial charge is 0.486 e. The lowest BCUT2D eigenvalue weighted by Crippen LogP contribution is -2.09. The number of rotatable bonds is 6. The van der Waals surface area contributed by atoms with E-state index in [9.17, 15) is 0 Å². The molecule has 6 nitrogen and oxygen atoms in total. The van der Waals surface area contributed by atoms with Crippen LogP contribution in [0, 0.1) is 11.3 Å². The highest BCUT2D eigenvalue weighted by Crippen LogP contribution is 2.10. The summed E-state index contributed by atoms with van der Waals surface area (Å²) >= 11 is 0. The van der Waals surface area contributed by atoms with Gasteiger partial charge in [-0.2, -0.15) is 5.26 Å². The first-order chi connectivity index (χ1) is 8.90. The van der Waals surface area contributed by atoms with Crippen molar-refractivity contribution in [3.63, 3.8) is 0 Å². The molecule has 2 rings (SSSR count). The van der Waals surface area contributed by atoms with Gasteiger partial charge in [-0.25, -0.2) is 4.68 Å². The molecule has 18 heavy (non-hydrogen) atoms. The van der Waals surface area contributed by atoms with Gasteiger partial charge in [-0.15, -0.1) is 5.10 Å². The summed E-state index contributed by atoms with van der Waals surface area (Å²) in [5.41, 5.74) is 0. The van der Waals surface area contributed by atoms with Crippen molar-refractivity contribution < 1.29 is 4.74 Å². The Kier molecular flexibility index (Phi) is 4.25. The maximum Gasteiger partial charge on any atom is 0.189 e. The summed E-state index contributed by atoms with van der Waals surface area (Å²) in [6.45, 7) is 0.956. The Morgan fingerprint density at radius 2 is 2.11 bits per heavy atom. The molecule has 0 unspecified atom stereocenters. The average molecular weight is 243 g/mol. The van der Waals surface area contributed by atoms with Crippen molar-refractivity contribution in [2.75, 3.05) is 0 Å². The molecule has 0 atom stereocenters. The first-order valence-electron chi connectivity index (χ1n) is 5.70. The molecule has 0 spiro atoms. The smallest absolute Gasteiger partial charge is 0.189 e. The molecule has 92 valence electrons. The second kappa shape index (κ2) is 6.35. The van der Waals surface area contributed by atoms with Crippen LogP contribution in [-0.2, 0) is 13.2 Å². The maximum absolute atomic E-state index is 8.48. The van der Waals surface area contributed by atoms with Gasteiger partial charge in [0.2, 0.25) is 0 Å². The van der Waals surface area contributed by atoms with E-state index in [0.29, 0.717) is 25.4 Å². The summed E-state index contributed by atoms with van der Waals surface area (Å²) in [7, 11) is 0. The van der Waals surface area contributed by atoms with Crippen LogP contribution in [0.2, 0.25) is 0 Å². The van der Waals surface area contributed by atoms with E-state index in [4.69, 9.17) is 10.00 Å². The second-order valence-corrected chi connectivity index (χ2v) is 3.68. The zero-order chi connectivity index (χ0) is 12.6. The first-order valence-corrected chi connectivity index (χ1v) is 5.70. The Balaban J connectivity index is 1.90. The molecule has 0 fully saturated rings. The zero-order valence-corrected chi connectivity index (χ0v) is 9.86. The van der Waals surface area contributed by atoms with E-state index in [0.717, 1.165) is 12.2 Å². The van der Waals surface area contributed by atoms with Crippen LogP contribution >= 0.6 is 0 Å². The average Bonchev–Trinajstić information content (AvgIpc) is 2.86. The lowest BCUT2D eigenvalue weighted by Gasteiger charge is -2.05. The van der Waals surface area contributed by atoms with Gasteiger partial charge >= 0.3 is 0 Å². The number of tetrazole rings is 1. The number of ether oxygens (including phenoxy) is 1. The van der Waals surface area contributed by atoms with E-state index in [1.54, 1.807) is 4.68 Å². The minimum atomic E-state index is 0.323. The summed E-state index contributed by atoms with van der Waals surface area (Å²) in [6.07, 6.45) is 1.23. The molecule has 0 bridgehead atoms. The number of nitriles is 1. The van der Waals surface area contributed by atoms with E-state index in [1.807, 2.05) is 30.3 Å². The van der Waals surface area contributed by atoms with Crippen LogP contribution in [0.5, 0.6) is 5.75 Å². The molecular formula is C12H13N5O. The highest BCUT2D eigenvalue weighted by molar-refractivity contribution is 5.20. The molecular weight excluding hydrogens is 230 g/mol. The van der Waals surface area contributed by atoms with E-state index >= 15 is 0 Å². The summed E-state index contributed by atoms with van der Waals surface area (Å²) in [5.74, 6) is 1.45. The predicted octanol–water partition coefficient (Wildman–Crippen LogP) is 1.56. The van der Waals surface area contributed by atoms with Gasteiger partial charge in [-0.1, -0.05) is 18.2 Å². The van der Waals surface area contributed by atoms with Gasteiger partial charge in [0, 0.05) is 13.0 Å². The van der Waals surface area contributed by atoms with Crippen LogP contribution in [-0.4, -0.2) is 20.2 Å². The van der Waals surface area contributed by atoms with Crippen LogP contribution < -0.4 is 4.74 Å². The van der Waals surface area contributed by atoms with Crippen molar-refractivity contribution >= 4 is 0 Å². The quantitative estimate of drug-likeness (QED) is 0.719. The Hall–Kier alpha value is -2.42. The molecule has 0 saturated carbocycles. The molecule has 0 N–H and O–H groups in total. The molecule has 0 radical (unpaired) electrons. The normalized spacial score (nSPS) is 9.94. The summed E-state index contributed by atoms with van der Waals surface area (Å²) in [6, 6.07) is 11.6. The summed E-state index contributed by atoms with van der Waals surface area (Å²) < 4.78 is 7.24. The standard InChI is InChI=1S/C12H13N5O/c13-8-4-5-9-17-12(14-15-16-17)10-18-11-6-2-1-3-7-11/h1-3,6-7H,4-5,9-10H2. The van der Waals surface area contributed by atoms with Crippen LogP contribution in [0.3, 0.4) is 0 Å². The van der Waals surface area contributed by atoms with Crippen molar-refractivity contribution in [3.8, 4) is 11.8 Å². The van der Waals surface area contributed by atoms with Crippen LogP contribution in [0.25, 0.3) is 0 Å². The molecule has 0 saturated heterocycles. The molecule has 0 amide bonds. The topological polar surface area (TPSA) is 76.6 Å². The minimum Gasteiger partial charge on any atom is -0.486 e. The third-order valence-corrected chi connectivity index (χ3v) is 2.38. The van der Waals surface area contributed by atoms with Crippen molar-refractivity contribution in [1.82, 2.24) is 20.2 Å². The number of nitrogens with zero attached hydrogens (tertiary/aromatic N) is 5. The Morgan fingerprint density at radius 3 is 2.89 bits per heavy atom. The number of aryl methyl sites for hydroxylation is 1. The number of unbranched alkanes of at least 4 members (excludes halogenated alkanes) is 1. The van der Waals surface area contributed by atoms with E-state index in [-0.39, 0.29) is 0 Å². The van der Waals surface area contributed by atoms with Gasteiger partial charge in [-0.3, -0.25) is 0 Å². The molecule has 1 heterocycles. The van der Waals surface area contributed by atoms with Crippen LogP contribution in [0.4, 0.5) is 0 Å². The minimum absolute atomic E-state index is 0.323. The number of benzene rings is 1. The fraction of sp³-hybridized carbons (Fsp3) is 0.333. The lowest BCUT2D eigenvalue weighted by molar-refractivity contribution is 0.286. The maximum atomic E-state index is 8.48. The Labute approximate surface area is 105 Å². The van der Waals surface area contributed by atoms with Gasteiger partial charge in [0.1, 0.15) is 12.4 Å². The number of para-hydroxylation sites is 1. The fourth-order valence-corrected chi connectivity index (χ4v) is 1.47. The number of hydrogen-bond acceptors (Lipinski definition) is 5. The Bertz CT molecular complexity index is 517. The highest BCUT2D eigenvalue weighted by Gasteiger charge is 2.06. The van der Waals surface area contributed by atoms with Gasteiger partial charge in [0.15, 0.2) is 5.82 Å². The molecule has 2 aromatic rings. The molecule has 1 aromatic heterocycles.